The van der Waals surface area contributed by atoms with Gasteiger partial charge in [0, 0.05) is 24.2 Å². The largest absolute Gasteiger partial charge is 0.486 e. The van der Waals surface area contributed by atoms with Gasteiger partial charge in [-0.1, -0.05) is 77.8 Å². The summed E-state index contributed by atoms with van der Waals surface area (Å²) in [5.74, 6) is -0.570. The van der Waals surface area contributed by atoms with Gasteiger partial charge < -0.3 is 25.2 Å². The zero-order valence-corrected chi connectivity index (χ0v) is 22.5. The summed E-state index contributed by atoms with van der Waals surface area (Å²) in [7, 11) is 0. The van der Waals surface area contributed by atoms with Gasteiger partial charge in [-0.2, -0.15) is 0 Å². The molecule has 3 N–H and O–H groups in total. The molecule has 0 saturated heterocycles. The number of amides is 2. The van der Waals surface area contributed by atoms with Crippen LogP contribution in [0.3, 0.4) is 0 Å². The molecule has 3 aromatic carbocycles. The number of benzene rings is 3. The highest BCUT2D eigenvalue weighted by atomic mass is 35.5. The van der Waals surface area contributed by atoms with Crippen molar-refractivity contribution in [2.45, 2.75) is 37.1 Å². The molecule has 2 amide bonds. The summed E-state index contributed by atoms with van der Waals surface area (Å²) in [5, 5.41) is 24.4. The van der Waals surface area contributed by atoms with Crippen LogP contribution >= 0.6 is 23.2 Å². The normalized spacial score (nSPS) is 21.3. The number of hydrogen-bond donors (Lipinski definition) is 3. The van der Waals surface area contributed by atoms with Crippen molar-refractivity contribution in [1.29, 1.82) is 0 Å². The molecule has 3 aromatic rings. The van der Waals surface area contributed by atoms with E-state index in [9.17, 15) is 19.8 Å². The molecule has 1 heterocycles. The Morgan fingerprint density at radius 2 is 1.69 bits per heavy atom. The number of rotatable bonds is 8. The molecule has 0 unspecified atom stereocenters. The smallest absolute Gasteiger partial charge is 0.247 e. The number of halogens is 2. The van der Waals surface area contributed by atoms with Crippen LogP contribution in [0.5, 0.6) is 5.75 Å². The van der Waals surface area contributed by atoms with Crippen molar-refractivity contribution in [2.24, 2.45) is 0 Å². The molecule has 5 rings (SSSR count). The molecule has 4 atom stereocenters. The number of carbonyl (C=O) groups is 2. The number of para-hydroxylation sites is 1. The lowest BCUT2D eigenvalue weighted by atomic mass is 9.77. The summed E-state index contributed by atoms with van der Waals surface area (Å²) in [6, 6.07) is 20.9. The summed E-state index contributed by atoms with van der Waals surface area (Å²) in [6.45, 7) is -0.0227. The predicted molar refractivity (Wildman–Crippen MR) is 149 cm³/mol. The van der Waals surface area contributed by atoms with E-state index in [0.29, 0.717) is 21.4 Å². The molecule has 1 aliphatic heterocycles. The van der Waals surface area contributed by atoms with Crippen LogP contribution in [0.4, 0.5) is 0 Å². The molecule has 39 heavy (non-hydrogen) atoms. The Morgan fingerprint density at radius 3 is 2.44 bits per heavy atom. The Bertz CT molecular complexity index is 1400. The summed E-state index contributed by atoms with van der Waals surface area (Å²) in [5.41, 5.74) is 2.70. The lowest BCUT2D eigenvalue weighted by molar-refractivity contribution is -0.137. The van der Waals surface area contributed by atoms with E-state index in [-0.39, 0.29) is 37.9 Å². The first-order chi connectivity index (χ1) is 18.9. The number of nitrogens with zero attached hydrogens (tertiary/aromatic N) is 1. The third kappa shape index (κ3) is 5.68. The van der Waals surface area contributed by atoms with E-state index >= 15 is 0 Å². The fraction of sp³-hybridized carbons (Fsp3) is 0.267. The minimum Gasteiger partial charge on any atom is -0.486 e. The van der Waals surface area contributed by atoms with E-state index in [1.807, 2.05) is 48.5 Å². The third-order valence-electron chi connectivity index (χ3n) is 7.09. The van der Waals surface area contributed by atoms with Crippen LogP contribution in [-0.4, -0.2) is 58.3 Å². The Hall–Kier alpha value is -3.36. The van der Waals surface area contributed by atoms with Crippen molar-refractivity contribution in [3.05, 3.63) is 111 Å². The standard InChI is InChI=1S/C30H28Cl2N2O5/c31-22-11-10-19(14-23(22)32)17-34(26(36)15-18-6-2-1-3-7-18)24-16-21(30(38)33-12-13-35)27-20-8-4-5-9-25(20)39-29(27)28(24)37/h1-11,14,16,24,27-29,35,37H,12-13,15,17H2,(H,33,38)/t24-,27+,28+,29+/m1/s1. The highest BCUT2D eigenvalue weighted by Gasteiger charge is 2.50. The zero-order valence-electron chi connectivity index (χ0n) is 21.0. The maximum absolute atomic E-state index is 13.8. The summed E-state index contributed by atoms with van der Waals surface area (Å²) >= 11 is 12.4. The Kier molecular flexibility index (Phi) is 8.23. The van der Waals surface area contributed by atoms with Gasteiger partial charge in [0.15, 0.2) is 0 Å². The molecule has 7 nitrogen and oxygen atoms in total. The average Bonchev–Trinajstić information content (AvgIpc) is 3.33. The molecular formula is C30H28Cl2N2O5. The fourth-order valence-corrected chi connectivity index (χ4v) is 5.58. The highest BCUT2D eigenvalue weighted by Crippen LogP contribution is 2.47. The second kappa shape index (κ2) is 11.8. The van der Waals surface area contributed by atoms with Crippen LogP contribution in [-0.2, 0) is 22.6 Å². The third-order valence-corrected chi connectivity index (χ3v) is 7.83. The number of hydrogen-bond acceptors (Lipinski definition) is 5. The molecule has 0 radical (unpaired) electrons. The topological polar surface area (TPSA) is 99.1 Å². The number of aliphatic hydroxyl groups excluding tert-OH is 2. The first-order valence-electron chi connectivity index (χ1n) is 12.7. The van der Waals surface area contributed by atoms with Crippen LogP contribution in [0.25, 0.3) is 0 Å². The van der Waals surface area contributed by atoms with Gasteiger partial charge in [0.2, 0.25) is 11.8 Å². The number of fused-ring (bicyclic) bond motifs is 3. The van der Waals surface area contributed by atoms with Gasteiger partial charge in [0.05, 0.1) is 35.0 Å². The second-order valence-corrected chi connectivity index (χ2v) is 10.4. The van der Waals surface area contributed by atoms with Gasteiger partial charge in [-0.25, -0.2) is 0 Å². The zero-order chi connectivity index (χ0) is 27.5. The van der Waals surface area contributed by atoms with Gasteiger partial charge in [-0.05, 0) is 35.4 Å². The SMILES string of the molecule is O=C(NCCO)C1=C[C@@H](N(Cc2ccc(Cl)c(Cl)c2)C(=O)Cc2ccccc2)[C@H](O)[C@H]2Oc3ccccc3[C@@H]12. The number of ether oxygens (including phenoxy) is 1. The monoisotopic (exact) mass is 566 g/mol. The van der Waals surface area contributed by atoms with Crippen LogP contribution in [0, 0.1) is 0 Å². The minimum absolute atomic E-state index is 0.0726. The summed E-state index contributed by atoms with van der Waals surface area (Å²) in [4.78, 5) is 28.7. The molecule has 1 aliphatic carbocycles. The molecule has 0 spiro atoms. The first kappa shape index (κ1) is 27.2. The number of nitrogens with one attached hydrogen (secondary N) is 1. The van der Waals surface area contributed by atoms with E-state index in [2.05, 4.69) is 5.32 Å². The van der Waals surface area contributed by atoms with Crippen molar-refractivity contribution in [2.75, 3.05) is 13.2 Å². The molecule has 0 saturated carbocycles. The van der Waals surface area contributed by atoms with Crippen molar-refractivity contribution < 1.29 is 24.5 Å². The fourth-order valence-electron chi connectivity index (χ4n) is 5.26. The van der Waals surface area contributed by atoms with Crippen LogP contribution in [0.15, 0.2) is 84.4 Å². The predicted octanol–water partition coefficient (Wildman–Crippen LogP) is 3.89. The van der Waals surface area contributed by atoms with Gasteiger partial charge in [-0.3, -0.25) is 9.59 Å². The lowest BCUT2D eigenvalue weighted by Gasteiger charge is -2.41. The quantitative estimate of drug-likeness (QED) is 0.384. The average molecular weight is 567 g/mol. The van der Waals surface area contributed by atoms with Crippen molar-refractivity contribution in [3.63, 3.8) is 0 Å². The van der Waals surface area contributed by atoms with Gasteiger partial charge in [0.25, 0.3) is 0 Å². The molecule has 0 fully saturated rings. The maximum Gasteiger partial charge on any atom is 0.247 e. The highest BCUT2D eigenvalue weighted by molar-refractivity contribution is 6.42. The van der Waals surface area contributed by atoms with E-state index in [1.165, 1.54) is 0 Å². The van der Waals surface area contributed by atoms with E-state index in [4.69, 9.17) is 27.9 Å². The van der Waals surface area contributed by atoms with Crippen molar-refractivity contribution in [3.8, 4) is 5.75 Å². The maximum atomic E-state index is 13.8. The van der Waals surface area contributed by atoms with E-state index < -0.39 is 24.2 Å². The van der Waals surface area contributed by atoms with Crippen LogP contribution < -0.4 is 10.1 Å². The molecule has 202 valence electrons. The molecule has 9 heteroatoms. The van der Waals surface area contributed by atoms with Crippen LogP contribution in [0.1, 0.15) is 22.6 Å². The van der Waals surface area contributed by atoms with E-state index in [0.717, 1.165) is 16.7 Å². The Morgan fingerprint density at radius 1 is 0.949 bits per heavy atom. The molecular weight excluding hydrogens is 539 g/mol. The van der Waals surface area contributed by atoms with E-state index in [1.54, 1.807) is 35.2 Å². The van der Waals surface area contributed by atoms with Gasteiger partial charge in [-0.15, -0.1) is 0 Å². The Labute approximate surface area is 236 Å². The van der Waals surface area contributed by atoms with Gasteiger partial charge in [0.1, 0.15) is 18.0 Å². The van der Waals surface area contributed by atoms with Gasteiger partial charge >= 0.3 is 0 Å². The van der Waals surface area contributed by atoms with Crippen molar-refractivity contribution >= 4 is 35.0 Å². The lowest BCUT2D eigenvalue weighted by Crippen LogP contribution is -2.55. The summed E-state index contributed by atoms with van der Waals surface area (Å²) < 4.78 is 6.17. The second-order valence-electron chi connectivity index (χ2n) is 9.61. The Balaban J connectivity index is 1.56. The first-order valence-corrected chi connectivity index (χ1v) is 13.4. The molecule has 2 aliphatic rings. The van der Waals surface area contributed by atoms with Crippen molar-refractivity contribution in [1.82, 2.24) is 10.2 Å². The van der Waals surface area contributed by atoms with Crippen LogP contribution in [0.2, 0.25) is 10.0 Å². The minimum atomic E-state index is -1.13. The molecule has 0 bridgehead atoms. The number of aliphatic hydroxyl groups is 2. The summed E-state index contributed by atoms with van der Waals surface area (Å²) in [6.07, 6.45) is -0.155. The molecule has 0 aromatic heterocycles. The number of carbonyl (C=O) groups excluding carboxylic acids is 2.